The van der Waals surface area contributed by atoms with Gasteiger partial charge in [0.15, 0.2) is 0 Å². The van der Waals surface area contributed by atoms with Crippen LogP contribution in [0.2, 0.25) is 4.34 Å². The number of carbonyl (C=O) groups excluding carboxylic acids is 1. The monoisotopic (exact) mass is 366 g/mol. The summed E-state index contributed by atoms with van der Waals surface area (Å²) in [4.78, 5) is 15.6. The zero-order valence-electron chi connectivity index (χ0n) is 13.4. The van der Waals surface area contributed by atoms with Gasteiger partial charge in [-0.2, -0.15) is 5.10 Å². The number of ether oxygens (including phenoxy) is 1. The van der Waals surface area contributed by atoms with Crippen molar-refractivity contribution in [1.82, 2.24) is 15.1 Å². The van der Waals surface area contributed by atoms with E-state index in [-0.39, 0.29) is 18.6 Å². The molecule has 3 rings (SSSR count). The van der Waals surface area contributed by atoms with Gasteiger partial charge >= 0.3 is 6.09 Å². The van der Waals surface area contributed by atoms with Gasteiger partial charge in [-0.3, -0.25) is 5.10 Å². The largest absolute Gasteiger partial charge is 0.445 e. The summed E-state index contributed by atoms with van der Waals surface area (Å²) in [5.74, 6) is 1.11. The van der Waals surface area contributed by atoms with E-state index in [1.54, 1.807) is 11.0 Å². The molecule has 1 saturated heterocycles. The van der Waals surface area contributed by atoms with Gasteiger partial charge in [0, 0.05) is 32.1 Å². The van der Waals surface area contributed by atoms with E-state index in [1.165, 1.54) is 11.3 Å². The second-order valence-electron chi connectivity index (χ2n) is 5.61. The summed E-state index contributed by atoms with van der Waals surface area (Å²) >= 11 is 7.50. The summed E-state index contributed by atoms with van der Waals surface area (Å²) in [7, 11) is 1.97. The van der Waals surface area contributed by atoms with Gasteiger partial charge in [0.1, 0.15) is 12.4 Å². The van der Waals surface area contributed by atoms with Crippen LogP contribution in [-0.4, -0.2) is 47.9 Å². The van der Waals surface area contributed by atoms with Crippen molar-refractivity contribution in [2.24, 2.45) is 0 Å². The first-order valence-electron chi connectivity index (χ1n) is 7.65. The predicted molar refractivity (Wildman–Crippen MR) is 96.5 cm³/mol. The number of anilines is 2. The van der Waals surface area contributed by atoms with Crippen molar-refractivity contribution in [2.75, 3.05) is 31.6 Å². The molecule has 6 nitrogen and oxygen atoms in total. The summed E-state index contributed by atoms with van der Waals surface area (Å²) in [5, 5.41) is 8.52. The van der Waals surface area contributed by atoms with Crippen molar-refractivity contribution >= 4 is 39.8 Å². The molecule has 1 amide bonds. The van der Waals surface area contributed by atoms with Crippen LogP contribution >= 0.6 is 22.9 Å². The second kappa shape index (κ2) is 7.27. The maximum absolute atomic E-state index is 11.9. The summed E-state index contributed by atoms with van der Waals surface area (Å²) in [6.45, 7) is 5.08. The molecule has 1 aliphatic rings. The Morgan fingerprint density at radius 3 is 3.21 bits per heavy atom. The number of rotatable bonds is 5. The smallest absolute Gasteiger partial charge is 0.410 e. The van der Waals surface area contributed by atoms with E-state index in [4.69, 9.17) is 16.3 Å². The van der Waals surface area contributed by atoms with Crippen LogP contribution in [0.4, 0.5) is 15.6 Å². The number of hydrogen-bond acceptors (Lipinski definition) is 5. The highest BCUT2D eigenvalue weighted by molar-refractivity contribution is 7.20. The zero-order valence-corrected chi connectivity index (χ0v) is 14.9. The molecule has 0 aromatic carbocycles. The van der Waals surface area contributed by atoms with Gasteiger partial charge in [0.05, 0.1) is 15.0 Å². The van der Waals surface area contributed by atoms with Crippen LogP contribution in [0, 0.1) is 0 Å². The van der Waals surface area contributed by atoms with E-state index >= 15 is 0 Å². The lowest BCUT2D eigenvalue weighted by Crippen LogP contribution is -2.29. The van der Waals surface area contributed by atoms with Gasteiger partial charge < -0.3 is 14.5 Å². The fourth-order valence-electron chi connectivity index (χ4n) is 2.70. The van der Waals surface area contributed by atoms with Gasteiger partial charge in [0.2, 0.25) is 0 Å². The maximum Gasteiger partial charge on any atom is 0.410 e. The van der Waals surface area contributed by atoms with E-state index < -0.39 is 0 Å². The number of nitrogens with one attached hydrogen (secondary N) is 1. The van der Waals surface area contributed by atoms with Crippen molar-refractivity contribution in [3.05, 3.63) is 40.9 Å². The van der Waals surface area contributed by atoms with Crippen LogP contribution in [0.5, 0.6) is 0 Å². The average Bonchev–Trinajstić information content (AvgIpc) is 3.30. The fraction of sp³-hybridized carbons (Fsp3) is 0.375. The number of aromatic amines is 1. The van der Waals surface area contributed by atoms with Gasteiger partial charge in [-0.15, -0.1) is 11.3 Å². The first kappa shape index (κ1) is 16.9. The number of likely N-dealkylation sites (tertiary alicyclic amines) is 1. The molecule has 128 valence electrons. The molecule has 24 heavy (non-hydrogen) atoms. The van der Waals surface area contributed by atoms with Crippen molar-refractivity contribution in [1.29, 1.82) is 0 Å². The van der Waals surface area contributed by atoms with Crippen LogP contribution in [0.15, 0.2) is 30.9 Å². The lowest BCUT2D eigenvalue weighted by molar-refractivity contribution is 0.121. The van der Waals surface area contributed by atoms with Gasteiger partial charge in [-0.25, -0.2) is 4.79 Å². The Morgan fingerprint density at radius 2 is 2.50 bits per heavy atom. The molecule has 0 spiro atoms. The summed E-state index contributed by atoms with van der Waals surface area (Å²) in [6, 6.07) is 5.87. The number of amides is 1. The SMILES string of the molecule is C=CCOC(=O)N1CCC(c2cc(N(C)c3ccc(Cl)s3)[nH]n2)C1. The van der Waals surface area contributed by atoms with Crippen LogP contribution in [0.1, 0.15) is 18.0 Å². The summed E-state index contributed by atoms with van der Waals surface area (Å²) in [5.41, 5.74) is 0.957. The van der Waals surface area contributed by atoms with Crippen molar-refractivity contribution in [3.8, 4) is 0 Å². The van der Waals surface area contributed by atoms with E-state index in [2.05, 4.69) is 16.8 Å². The van der Waals surface area contributed by atoms with Gasteiger partial charge in [-0.05, 0) is 18.6 Å². The number of halogens is 1. The highest BCUT2D eigenvalue weighted by atomic mass is 35.5. The maximum atomic E-state index is 11.9. The normalized spacial score (nSPS) is 17.1. The molecular weight excluding hydrogens is 348 g/mol. The highest BCUT2D eigenvalue weighted by Crippen LogP contribution is 2.34. The molecule has 2 aromatic rings. The third-order valence-corrected chi connectivity index (χ3v) is 5.33. The number of aromatic nitrogens is 2. The summed E-state index contributed by atoms with van der Waals surface area (Å²) < 4.78 is 5.84. The van der Waals surface area contributed by atoms with Crippen molar-refractivity contribution in [3.63, 3.8) is 0 Å². The molecule has 0 saturated carbocycles. The lowest BCUT2D eigenvalue weighted by atomic mass is 10.1. The topological polar surface area (TPSA) is 61.5 Å². The quantitative estimate of drug-likeness (QED) is 0.812. The van der Waals surface area contributed by atoms with Crippen molar-refractivity contribution in [2.45, 2.75) is 12.3 Å². The first-order chi connectivity index (χ1) is 11.6. The molecule has 1 fully saturated rings. The van der Waals surface area contributed by atoms with Crippen LogP contribution < -0.4 is 4.90 Å². The molecule has 2 aromatic heterocycles. The van der Waals surface area contributed by atoms with E-state index in [0.717, 1.165) is 27.3 Å². The molecule has 1 aliphatic heterocycles. The number of hydrogen-bond donors (Lipinski definition) is 1. The van der Waals surface area contributed by atoms with Crippen LogP contribution in [-0.2, 0) is 4.74 Å². The summed E-state index contributed by atoms with van der Waals surface area (Å²) in [6.07, 6.45) is 2.15. The Kier molecular flexibility index (Phi) is 5.11. The lowest BCUT2D eigenvalue weighted by Gasteiger charge is -2.15. The second-order valence-corrected chi connectivity index (χ2v) is 7.31. The van der Waals surface area contributed by atoms with Gasteiger partial charge in [0.25, 0.3) is 0 Å². The molecule has 1 atom stereocenters. The average molecular weight is 367 g/mol. The fourth-order valence-corrected chi connectivity index (χ4v) is 3.71. The Morgan fingerprint density at radius 1 is 1.67 bits per heavy atom. The third-order valence-electron chi connectivity index (χ3n) is 4.02. The number of carbonyl (C=O) groups is 1. The number of thiophene rings is 1. The Labute approximate surface area is 149 Å². The van der Waals surface area contributed by atoms with E-state index in [9.17, 15) is 4.79 Å². The highest BCUT2D eigenvalue weighted by Gasteiger charge is 2.30. The van der Waals surface area contributed by atoms with E-state index in [1.807, 2.05) is 30.1 Å². The molecule has 8 heteroatoms. The predicted octanol–water partition coefficient (Wildman–Crippen LogP) is 4.00. The van der Waals surface area contributed by atoms with Crippen molar-refractivity contribution < 1.29 is 9.53 Å². The Hall–Kier alpha value is -1.99. The standard InChI is InChI=1S/C16H19ClN4O2S/c1-3-8-23-16(22)21-7-6-11(10-21)12-9-14(19-18-12)20(2)15-5-4-13(17)24-15/h3-5,9,11H,1,6-8,10H2,2H3,(H,18,19). The Bertz CT molecular complexity index is 729. The molecule has 1 unspecified atom stereocenters. The molecule has 3 heterocycles. The minimum absolute atomic E-state index is 0.214. The Balaban J connectivity index is 1.64. The van der Waals surface area contributed by atoms with Gasteiger partial charge in [-0.1, -0.05) is 24.3 Å². The molecule has 0 radical (unpaired) electrons. The first-order valence-corrected chi connectivity index (χ1v) is 8.85. The number of nitrogens with zero attached hydrogens (tertiary/aromatic N) is 3. The third kappa shape index (κ3) is 3.57. The minimum atomic E-state index is -0.293. The number of H-pyrrole nitrogens is 1. The molecule has 1 N–H and O–H groups in total. The zero-order chi connectivity index (χ0) is 17.1. The van der Waals surface area contributed by atoms with Crippen LogP contribution in [0.3, 0.4) is 0 Å². The molecule has 0 bridgehead atoms. The van der Waals surface area contributed by atoms with E-state index in [0.29, 0.717) is 13.1 Å². The minimum Gasteiger partial charge on any atom is -0.445 e. The molecular formula is C16H19ClN4O2S. The van der Waals surface area contributed by atoms with Crippen LogP contribution in [0.25, 0.3) is 0 Å². The molecule has 0 aliphatic carbocycles.